The molecule has 5 rings (SSSR count). The average molecular weight is 492 g/mol. The molecule has 1 aliphatic rings. The van der Waals surface area contributed by atoms with Crippen LogP contribution in [0.5, 0.6) is 0 Å². The smallest absolute Gasteiger partial charge is 0.258 e. The number of aromatic nitrogens is 4. The number of morpholine rings is 1. The van der Waals surface area contributed by atoms with Crippen LogP contribution in [-0.2, 0) is 21.0 Å². The maximum absolute atomic E-state index is 13.0. The molecule has 9 nitrogen and oxygen atoms in total. The van der Waals surface area contributed by atoms with Crippen molar-refractivity contribution in [3.63, 3.8) is 0 Å². The van der Waals surface area contributed by atoms with E-state index in [1.807, 2.05) is 30.3 Å². The minimum Gasteiger partial charge on any atom is -0.378 e. The Morgan fingerprint density at radius 3 is 2.51 bits per heavy atom. The molecule has 180 valence electrons. The molecule has 1 fully saturated rings. The van der Waals surface area contributed by atoms with Crippen LogP contribution in [0.3, 0.4) is 0 Å². The Morgan fingerprint density at radius 1 is 1.06 bits per heavy atom. The van der Waals surface area contributed by atoms with Crippen LogP contribution in [0, 0.1) is 0 Å². The fourth-order valence-electron chi connectivity index (χ4n) is 4.10. The van der Waals surface area contributed by atoms with Crippen molar-refractivity contribution in [3.8, 4) is 22.5 Å². The summed E-state index contributed by atoms with van der Waals surface area (Å²) in [4.78, 5) is 31.7. The number of fused-ring (bicyclic) bond motifs is 1. The van der Waals surface area contributed by atoms with Crippen LogP contribution in [0.25, 0.3) is 33.4 Å². The molecule has 0 atom stereocenters. The van der Waals surface area contributed by atoms with Crippen LogP contribution >= 0.6 is 0 Å². The zero-order valence-electron chi connectivity index (χ0n) is 19.3. The lowest BCUT2D eigenvalue weighted by atomic mass is 10.1. The van der Waals surface area contributed by atoms with Gasteiger partial charge in [-0.25, -0.2) is 18.4 Å². The van der Waals surface area contributed by atoms with E-state index >= 15 is 0 Å². The van der Waals surface area contributed by atoms with E-state index in [9.17, 15) is 13.2 Å². The highest BCUT2D eigenvalue weighted by atomic mass is 32.2. The van der Waals surface area contributed by atoms with E-state index in [1.54, 1.807) is 24.5 Å². The van der Waals surface area contributed by atoms with Gasteiger partial charge in [-0.05, 0) is 30.3 Å². The third-order valence-electron chi connectivity index (χ3n) is 5.93. The monoisotopic (exact) mass is 491 g/mol. The molecule has 0 unspecified atom stereocenters. The van der Waals surface area contributed by atoms with E-state index in [0.717, 1.165) is 36.2 Å². The summed E-state index contributed by atoms with van der Waals surface area (Å²) in [7, 11) is -3.20. The molecule has 4 heterocycles. The summed E-state index contributed by atoms with van der Waals surface area (Å²) in [5, 5.41) is 0.384. The van der Waals surface area contributed by atoms with E-state index in [2.05, 4.69) is 19.9 Å². The Kier molecular flexibility index (Phi) is 6.31. The number of ether oxygens (including phenoxy) is 1. The van der Waals surface area contributed by atoms with Crippen molar-refractivity contribution in [2.24, 2.45) is 0 Å². The molecule has 0 saturated carbocycles. The highest BCUT2D eigenvalue weighted by Crippen LogP contribution is 2.29. The minimum absolute atomic E-state index is 0.106. The van der Waals surface area contributed by atoms with Gasteiger partial charge >= 0.3 is 0 Å². The zero-order valence-corrected chi connectivity index (χ0v) is 20.1. The summed E-state index contributed by atoms with van der Waals surface area (Å²) in [6, 6.07) is 13.5. The predicted octanol–water partition coefficient (Wildman–Crippen LogP) is 2.47. The predicted molar refractivity (Wildman–Crippen MR) is 135 cm³/mol. The van der Waals surface area contributed by atoms with Crippen molar-refractivity contribution < 1.29 is 13.2 Å². The maximum atomic E-state index is 13.0. The number of anilines is 1. The summed E-state index contributed by atoms with van der Waals surface area (Å²) in [5.74, 6) is 0.201. The van der Waals surface area contributed by atoms with E-state index in [0.29, 0.717) is 41.3 Å². The van der Waals surface area contributed by atoms with Crippen molar-refractivity contribution >= 4 is 26.4 Å². The third kappa shape index (κ3) is 5.23. The second kappa shape index (κ2) is 9.55. The van der Waals surface area contributed by atoms with Crippen LogP contribution in [0.4, 0.5) is 5.69 Å². The van der Waals surface area contributed by atoms with Crippen LogP contribution < -0.4 is 10.5 Å². The number of benzene rings is 1. The van der Waals surface area contributed by atoms with E-state index in [4.69, 9.17) is 9.72 Å². The number of rotatable bonds is 6. The Morgan fingerprint density at radius 2 is 1.83 bits per heavy atom. The second-order valence-electron chi connectivity index (χ2n) is 8.53. The van der Waals surface area contributed by atoms with Crippen LogP contribution in [0.15, 0.2) is 59.7 Å². The molecular weight excluding hydrogens is 466 g/mol. The molecular formula is C25H25N5O4S. The lowest BCUT2D eigenvalue weighted by Gasteiger charge is -2.28. The highest BCUT2D eigenvalue weighted by Gasteiger charge is 2.17. The first kappa shape index (κ1) is 23.1. The average Bonchev–Trinajstić information content (AvgIpc) is 2.88. The molecule has 35 heavy (non-hydrogen) atoms. The fourth-order valence-corrected chi connectivity index (χ4v) is 4.67. The van der Waals surface area contributed by atoms with E-state index in [1.165, 1.54) is 0 Å². The molecule has 1 aromatic carbocycles. The Balaban J connectivity index is 1.60. The first-order valence-electron chi connectivity index (χ1n) is 11.3. The lowest BCUT2D eigenvalue weighted by Crippen LogP contribution is -2.36. The second-order valence-corrected chi connectivity index (χ2v) is 10.8. The molecule has 3 aromatic heterocycles. The van der Waals surface area contributed by atoms with Gasteiger partial charge in [0.05, 0.1) is 35.7 Å². The normalized spacial score (nSPS) is 14.4. The van der Waals surface area contributed by atoms with Gasteiger partial charge in [0.15, 0.2) is 0 Å². The third-order valence-corrected chi connectivity index (χ3v) is 6.87. The largest absolute Gasteiger partial charge is 0.378 e. The number of hydrogen-bond donors (Lipinski definition) is 1. The van der Waals surface area contributed by atoms with Gasteiger partial charge in [-0.1, -0.05) is 12.1 Å². The summed E-state index contributed by atoms with van der Waals surface area (Å²) >= 11 is 0. The molecule has 0 amide bonds. The van der Waals surface area contributed by atoms with Crippen molar-refractivity contribution in [3.05, 3.63) is 71.0 Å². The van der Waals surface area contributed by atoms with Crippen LogP contribution in [-0.4, -0.2) is 66.7 Å². The highest BCUT2D eigenvalue weighted by molar-refractivity contribution is 7.90. The van der Waals surface area contributed by atoms with Gasteiger partial charge in [0.1, 0.15) is 21.2 Å². The number of aromatic amines is 1. The standard InChI is InChI=1S/C25H25N5O4S/c1-35(32,33)14-8-22-28-24-20(25(31)29-22)15-21(27-23(24)18-3-2-9-26-16-18)17-4-6-19(7-5-17)30-10-12-34-13-11-30/h2-7,9,15-16H,8,10-14H2,1H3,(H,28,29,31). The number of hydrogen-bond acceptors (Lipinski definition) is 8. The molecule has 0 aliphatic carbocycles. The number of nitrogens with zero attached hydrogens (tertiary/aromatic N) is 4. The Bertz CT molecular complexity index is 1510. The van der Waals surface area contributed by atoms with Gasteiger partial charge in [-0.3, -0.25) is 9.78 Å². The Labute approximate surface area is 202 Å². The zero-order chi connectivity index (χ0) is 24.4. The topological polar surface area (TPSA) is 118 Å². The van der Waals surface area contributed by atoms with Gasteiger partial charge in [-0.15, -0.1) is 0 Å². The lowest BCUT2D eigenvalue weighted by molar-refractivity contribution is 0.122. The van der Waals surface area contributed by atoms with E-state index < -0.39 is 9.84 Å². The first-order chi connectivity index (χ1) is 16.9. The van der Waals surface area contributed by atoms with Gasteiger partial charge in [0.2, 0.25) is 0 Å². The van der Waals surface area contributed by atoms with Crippen molar-refractivity contribution in [2.45, 2.75) is 6.42 Å². The quantitative estimate of drug-likeness (QED) is 0.437. The number of aryl methyl sites for hydroxylation is 1. The molecule has 0 bridgehead atoms. The van der Waals surface area contributed by atoms with E-state index in [-0.39, 0.29) is 17.7 Å². The first-order valence-corrected chi connectivity index (χ1v) is 13.4. The van der Waals surface area contributed by atoms with Crippen molar-refractivity contribution in [1.82, 2.24) is 19.9 Å². The summed E-state index contributed by atoms with van der Waals surface area (Å²) < 4.78 is 28.7. The SMILES string of the molecule is CS(=O)(=O)CCc1nc2c(-c3cccnc3)nc(-c3ccc(N4CCOCC4)cc3)cc2c(=O)[nH]1. The van der Waals surface area contributed by atoms with Crippen LogP contribution in [0.2, 0.25) is 0 Å². The van der Waals surface area contributed by atoms with Crippen molar-refractivity contribution in [2.75, 3.05) is 43.2 Å². The number of sulfone groups is 1. The number of pyridine rings is 2. The molecule has 0 radical (unpaired) electrons. The van der Waals surface area contributed by atoms with Crippen LogP contribution in [0.1, 0.15) is 5.82 Å². The summed E-state index contributed by atoms with van der Waals surface area (Å²) in [6.07, 6.45) is 4.61. The van der Waals surface area contributed by atoms with Gasteiger partial charge in [0, 0.05) is 55.0 Å². The Hall–Kier alpha value is -3.63. The van der Waals surface area contributed by atoms with Gasteiger partial charge < -0.3 is 14.6 Å². The fraction of sp³-hybridized carbons (Fsp3) is 0.280. The molecule has 1 saturated heterocycles. The maximum Gasteiger partial charge on any atom is 0.258 e. The molecule has 4 aromatic rings. The van der Waals surface area contributed by atoms with Gasteiger partial charge in [-0.2, -0.15) is 0 Å². The molecule has 1 N–H and O–H groups in total. The summed E-state index contributed by atoms with van der Waals surface area (Å²) in [5.41, 5.74) is 3.94. The summed E-state index contributed by atoms with van der Waals surface area (Å²) in [6.45, 7) is 3.12. The molecule has 10 heteroatoms. The number of nitrogens with one attached hydrogen (secondary N) is 1. The number of H-pyrrole nitrogens is 1. The van der Waals surface area contributed by atoms with Gasteiger partial charge in [0.25, 0.3) is 5.56 Å². The van der Waals surface area contributed by atoms with Crippen molar-refractivity contribution in [1.29, 1.82) is 0 Å². The minimum atomic E-state index is -3.20. The molecule has 0 spiro atoms. The molecule has 1 aliphatic heterocycles.